The maximum absolute atomic E-state index is 12.9. The average Bonchev–Trinajstić information content (AvgIpc) is 3.38. The molecular weight excluding hydrogens is 388 g/mol. The van der Waals surface area contributed by atoms with Gasteiger partial charge in [0.25, 0.3) is 5.91 Å². The van der Waals surface area contributed by atoms with Crippen LogP contribution in [0.25, 0.3) is 16.5 Å². The number of aromatic nitrogens is 3. The molecule has 7 heteroatoms. The molecule has 3 heterocycles. The number of allylic oxidation sites excluding steroid dienone is 3. The van der Waals surface area contributed by atoms with Crippen molar-refractivity contribution in [2.75, 3.05) is 6.54 Å². The van der Waals surface area contributed by atoms with Gasteiger partial charge in [-0.25, -0.2) is 0 Å². The summed E-state index contributed by atoms with van der Waals surface area (Å²) in [7, 11) is 1.86. The summed E-state index contributed by atoms with van der Waals surface area (Å²) in [6.07, 6.45) is 11.5. The molecule has 4 rings (SSSR count). The number of H-pyrrole nitrogens is 1. The van der Waals surface area contributed by atoms with E-state index < -0.39 is 0 Å². The Morgan fingerprint density at radius 2 is 2.16 bits per heavy atom. The van der Waals surface area contributed by atoms with Gasteiger partial charge in [-0.15, -0.1) is 0 Å². The van der Waals surface area contributed by atoms with Crippen molar-refractivity contribution in [2.45, 2.75) is 19.5 Å². The number of fused-ring (bicyclic) bond motifs is 1. The number of carbonyl (C=O) groups is 1. The molecule has 3 aromatic rings. The van der Waals surface area contributed by atoms with Crippen LogP contribution >= 0.6 is 0 Å². The van der Waals surface area contributed by atoms with Crippen molar-refractivity contribution < 1.29 is 4.79 Å². The second kappa shape index (κ2) is 8.87. The van der Waals surface area contributed by atoms with E-state index in [2.05, 4.69) is 38.4 Å². The first-order valence-electron chi connectivity index (χ1n) is 10.2. The van der Waals surface area contributed by atoms with Crippen molar-refractivity contribution >= 4 is 28.6 Å². The molecule has 0 bridgehead atoms. The van der Waals surface area contributed by atoms with E-state index >= 15 is 0 Å². The highest BCUT2D eigenvalue weighted by Crippen LogP contribution is 2.23. The number of para-hydroxylation sites is 1. The Kier molecular flexibility index (Phi) is 5.84. The normalized spacial score (nSPS) is 18.4. The lowest BCUT2D eigenvalue weighted by Gasteiger charge is -2.09. The Morgan fingerprint density at radius 3 is 2.97 bits per heavy atom. The van der Waals surface area contributed by atoms with E-state index in [9.17, 15) is 4.79 Å². The minimum atomic E-state index is -0.181. The lowest BCUT2D eigenvalue weighted by molar-refractivity contribution is -0.116. The number of rotatable bonds is 5. The Bertz CT molecular complexity index is 1210. The van der Waals surface area contributed by atoms with Gasteiger partial charge in [0.1, 0.15) is 6.17 Å². The summed E-state index contributed by atoms with van der Waals surface area (Å²) < 4.78 is 1.73. The molecular formula is C24H26N6O. The first-order chi connectivity index (χ1) is 15.0. The number of hydrogen-bond donors (Lipinski definition) is 3. The van der Waals surface area contributed by atoms with Crippen LogP contribution in [0, 0.1) is 0 Å². The molecule has 0 saturated heterocycles. The number of aryl methyl sites for hydroxylation is 1. The van der Waals surface area contributed by atoms with E-state index in [0.29, 0.717) is 17.7 Å². The maximum atomic E-state index is 12.9. The van der Waals surface area contributed by atoms with Crippen molar-refractivity contribution in [1.82, 2.24) is 25.4 Å². The van der Waals surface area contributed by atoms with Gasteiger partial charge >= 0.3 is 0 Å². The number of aromatic amines is 1. The number of carbonyl (C=O) groups excluding carboxylic acids is 1. The molecule has 0 aliphatic carbocycles. The summed E-state index contributed by atoms with van der Waals surface area (Å²) in [6.45, 7) is 6.62. The molecule has 3 N–H and O–H groups in total. The molecule has 1 atom stereocenters. The van der Waals surface area contributed by atoms with E-state index in [4.69, 9.17) is 0 Å². The number of benzene rings is 1. The molecule has 0 fully saturated rings. The molecule has 158 valence electrons. The van der Waals surface area contributed by atoms with E-state index in [0.717, 1.165) is 23.1 Å². The van der Waals surface area contributed by atoms with Crippen LogP contribution in [0.5, 0.6) is 0 Å². The van der Waals surface area contributed by atoms with Crippen LogP contribution in [-0.2, 0) is 18.3 Å². The topological polar surface area (TPSA) is 87.1 Å². The molecule has 1 aromatic carbocycles. The van der Waals surface area contributed by atoms with Crippen LogP contribution < -0.4 is 10.6 Å². The summed E-state index contributed by atoms with van der Waals surface area (Å²) in [5.41, 5.74) is 5.25. The first kappa shape index (κ1) is 20.4. The fourth-order valence-corrected chi connectivity index (χ4v) is 3.54. The fourth-order valence-electron chi connectivity index (χ4n) is 3.54. The van der Waals surface area contributed by atoms with Crippen molar-refractivity contribution in [1.29, 1.82) is 0 Å². The lowest BCUT2D eigenvalue weighted by Crippen LogP contribution is -2.28. The summed E-state index contributed by atoms with van der Waals surface area (Å²) in [6, 6.07) is 8.15. The van der Waals surface area contributed by atoms with E-state index in [1.165, 1.54) is 10.9 Å². The van der Waals surface area contributed by atoms with E-state index in [-0.39, 0.29) is 12.1 Å². The van der Waals surface area contributed by atoms with Gasteiger partial charge in [0.05, 0.1) is 11.8 Å². The number of hydrogen-bond acceptors (Lipinski definition) is 4. The van der Waals surface area contributed by atoms with E-state index in [1.54, 1.807) is 23.2 Å². The van der Waals surface area contributed by atoms with Crippen molar-refractivity contribution in [3.8, 4) is 0 Å². The van der Waals surface area contributed by atoms with Gasteiger partial charge in [-0.1, -0.05) is 24.8 Å². The van der Waals surface area contributed by atoms with Gasteiger partial charge in [0, 0.05) is 60.4 Å². The standard InChI is InChI=1S/C24H26N6O/c1-16-10-19(12-26-17(2)27-14-22(16)20-13-29-30(3)15-20)24(31)25-9-8-18-11-28-23-7-5-4-6-21(18)23/h4-7,10-15,17,27-28H,1,8-9H2,2-3H3,(H,25,31)/b19-10+,22-14?,26-12?. The highest BCUT2D eigenvalue weighted by atomic mass is 16.1. The Hall–Kier alpha value is -3.87. The minimum absolute atomic E-state index is 0.177. The quantitative estimate of drug-likeness (QED) is 0.600. The minimum Gasteiger partial charge on any atom is -0.369 e. The molecule has 1 aliphatic rings. The predicted molar refractivity (Wildman–Crippen MR) is 125 cm³/mol. The summed E-state index contributed by atoms with van der Waals surface area (Å²) >= 11 is 0. The monoisotopic (exact) mass is 414 g/mol. The number of amides is 1. The third-order valence-corrected chi connectivity index (χ3v) is 5.21. The third kappa shape index (κ3) is 4.66. The zero-order valence-electron chi connectivity index (χ0n) is 17.7. The Morgan fingerprint density at radius 1 is 1.32 bits per heavy atom. The average molecular weight is 415 g/mol. The van der Waals surface area contributed by atoms with Crippen LogP contribution in [0.2, 0.25) is 0 Å². The van der Waals surface area contributed by atoms with Crippen LogP contribution in [0.4, 0.5) is 0 Å². The van der Waals surface area contributed by atoms with Gasteiger partial charge in [-0.2, -0.15) is 5.10 Å². The van der Waals surface area contributed by atoms with Crippen LogP contribution in [0.1, 0.15) is 18.1 Å². The van der Waals surface area contributed by atoms with Crippen LogP contribution in [-0.4, -0.2) is 39.6 Å². The second-order valence-electron chi connectivity index (χ2n) is 7.57. The van der Waals surface area contributed by atoms with Crippen LogP contribution in [0.3, 0.4) is 0 Å². The predicted octanol–water partition coefficient (Wildman–Crippen LogP) is 3.10. The SMILES string of the molecule is C=C1/C=C(/C(=O)NCCc2c[nH]c3ccccc23)C=NC(C)NC=C1c1cnn(C)c1. The fraction of sp³-hybridized carbons (Fsp3) is 0.208. The van der Waals surface area contributed by atoms with Gasteiger partial charge in [0.2, 0.25) is 0 Å². The highest BCUT2D eigenvalue weighted by Gasteiger charge is 2.14. The zero-order valence-corrected chi connectivity index (χ0v) is 17.7. The van der Waals surface area contributed by atoms with Crippen molar-refractivity contribution in [3.63, 3.8) is 0 Å². The molecule has 2 aromatic heterocycles. The molecule has 7 nitrogen and oxygen atoms in total. The molecule has 1 unspecified atom stereocenters. The van der Waals surface area contributed by atoms with E-state index in [1.807, 2.05) is 50.8 Å². The van der Waals surface area contributed by atoms with Gasteiger partial charge < -0.3 is 15.6 Å². The van der Waals surface area contributed by atoms with Gasteiger partial charge in [-0.3, -0.25) is 14.5 Å². The Labute approximate surface area is 181 Å². The number of nitrogens with zero attached hydrogens (tertiary/aromatic N) is 3. The lowest BCUT2D eigenvalue weighted by atomic mass is 10.0. The summed E-state index contributed by atoms with van der Waals surface area (Å²) in [4.78, 5) is 20.6. The molecule has 0 saturated carbocycles. The second-order valence-corrected chi connectivity index (χ2v) is 7.57. The van der Waals surface area contributed by atoms with Gasteiger partial charge in [-0.05, 0) is 36.6 Å². The van der Waals surface area contributed by atoms with Crippen molar-refractivity contribution in [2.24, 2.45) is 12.0 Å². The zero-order chi connectivity index (χ0) is 21.8. The van der Waals surface area contributed by atoms with Crippen molar-refractivity contribution in [3.05, 3.63) is 84.0 Å². The van der Waals surface area contributed by atoms with Crippen LogP contribution in [0.15, 0.2) is 77.8 Å². The number of aliphatic imine (C=N–C) groups is 1. The molecule has 1 amide bonds. The summed E-state index contributed by atoms with van der Waals surface area (Å²) in [5.74, 6) is -0.177. The molecule has 0 spiro atoms. The first-order valence-corrected chi connectivity index (χ1v) is 10.2. The molecule has 1 aliphatic heterocycles. The molecule has 31 heavy (non-hydrogen) atoms. The number of nitrogens with one attached hydrogen (secondary N) is 3. The highest BCUT2D eigenvalue weighted by molar-refractivity contribution is 6.13. The largest absolute Gasteiger partial charge is 0.369 e. The molecule has 0 radical (unpaired) electrons. The van der Waals surface area contributed by atoms with Gasteiger partial charge in [0.15, 0.2) is 0 Å². The smallest absolute Gasteiger partial charge is 0.252 e. The summed E-state index contributed by atoms with van der Waals surface area (Å²) in [5, 5.41) is 11.6. The maximum Gasteiger partial charge on any atom is 0.252 e. The Balaban J connectivity index is 1.48. The third-order valence-electron chi connectivity index (χ3n) is 5.21.